The van der Waals surface area contributed by atoms with Crippen LogP contribution in [0.4, 0.5) is 0 Å². The minimum atomic E-state index is 0.169. The molecular weight excluding hydrogens is 266 g/mol. The molecule has 2 N–H and O–H groups in total. The Labute approximate surface area is 104 Å². The van der Waals surface area contributed by atoms with Gasteiger partial charge in [0, 0.05) is 18.0 Å². The van der Waals surface area contributed by atoms with Crippen LogP contribution in [-0.2, 0) is 13.0 Å². The van der Waals surface area contributed by atoms with Crippen LogP contribution in [0.3, 0.4) is 0 Å². The summed E-state index contributed by atoms with van der Waals surface area (Å²) in [5.74, 6) is 0. The summed E-state index contributed by atoms with van der Waals surface area (Å²) < 4.78 is 3.02. The normalized spacial score (nSPS) is 13.2. The molecule has 0 bridgehead atoms. The van der Waals surface area contributed by atoms with Gasteiger partial charge in [0.1, 0.15) is 4.60 Å². The average Bonchev–Trinajstić information content (AvgIpc) is 2.56. The summed E-state index contributed by atoms with van der Waals surface area (Å²) in [6, 6.07) is 6.37. The fourth-order valence-electron chi connectivity index (χ4n) is 1.94. The lowest BCUT2D eigenvalue weighted by Gasteiger charge is -2.06. The third kappa shape index (κ3) is 1.99. The molecule has 4 heteroatoms. The molecule has 2 rings (SSSR count). The third-order valence-corrected chi connectivity index (χ3v) is 3.44. The van der Waals surface area contributed by atoms with Gasteiger partial charge in [0.25, 0.3) is 0 Å². The molecule has 3 nitrogen and oxygen atoms in total. The number of aromatic nitrogens is 2. The molecule has 0 saturated heterocycles. The number of hydrogen-bond acceptors (Lipinski definition) is 2. The standard InChI is InChI=1S/C12H16BrN3/c1-3-16-12(13)11-9(7-8(2)14)5-4-6-10(11)15-16/h4-6,8H,3,7,14H2,1-2H3. The van der Waals surface area contributed by atoms with Crippen molar-refractivity contribution in [3.05, 3.63) is 28.4 Å². The first-order valence-corrected chi connectivity index (χ1v) is 6.32. The van der Waals surface area contributed by atoms with Crippen molar-refractivity contribution < 1.29 is 0 Å². The van der Waals surface area contributed by atoms with E-state index in [-0.39, 0.29) is 6.04 Å². The summed E-state index contributed by atoms with van der Waals surface area (Å²) in [4.78, 5) is 0. The minimum Gasteiger partial charge on any atom is -0.328 e. The highest BCUT2D eigenvalue weighted by Gasteiger charge is 2.12. The van der Waals surface area contributed by atoms with E-state index in [1.54, 1.807) is 0 Å². The molecule has 2 aromatic rings. The van der Waals surface area contributed by atoms with E-state index in [9.17, 15) is 0 Å². The lowest BCUT2D eigenvalue weighted by molar-refractivity contribution is 0.653. The zero-order valence-electron chi connectivity index (χ0n) is 9.57. The third-order valence-electron chi connectivity index (χ3n) is 2.63. The van der Waals surface area contributed by atoms with Crippen LogP contribution in [0.5, 0.6) is 0 Å². The van der Waals surface area contributed by atoms with Gasteiger partial charge in [-0.15, -0.1) is 0 Å². The Morgan fingerprint density at radius 1 is 1.50 bits per heavy atom. The Kier molecular flexibility index (Phi) is 3.30. The smallest absolute Gasteiger partial charge is 0.112 e. The molecule has 0 spiro atoms. The van der Waals surface area contributed by atoms with Crippen LogP contribution in [0.2, 0.25) is 0 Å². The highest BCUT2D eigenvalue weighted by atomic mass is 79.9. The first-order valence-electron chi connectivity index (χ1n) is 5.53. The number of halogens is 1. The number of rotatable bonds is 3. The first kappa shape index (κ1) is 11.6. The van der Waals surface area contributed by atoms with E-state index in [0.717, 1.165) is 23.1 Å². The van der Waals surface area contributed by atoms with Crippen LogP contribution in [-0.4, -0.2) is 15.8 Å². The number of nitrogens with two attached hydrogens (primary N) is 1. The second-order valence-electron chi connectivity index (χ2n) is 4.10. The number of nitrogens with zero attached hydrogens (tertiary/aromatic N) is 2. The fraction of sp³-hybridized carbons (Fsp3) is 0.417. The Hall–Kier alpha value is -0.870. The molecule has 1 aromatic carbocycles. The predicted octanol–water partition coefficient (Wildman–Crippen LogP) is 2.71. The molecule has 86 valence electrons. The van der Waals surface area contributed by atoms with Gasteiger partial charge in [0.2, 0.25) is 0 Å². The molecule has 0 saturated carbocycles. The van der Waals surface area contributed by atoms with Crippen molar-refractivity contribution in [2.24, 2.45) is 5.73 Å². The molecule has 1 atom stereocenters. The maximum absolute atomic E-state index is 5.86. The molecule has 0 aliphatic rings. The SMILES string of the molecule is CCn1nc2cccc(CC(C)N)c2c1Br. The second kappa shape index (κ2) is 4.55. The number of aryl methyl sites for hydroxylation is 1. The van der Waals surface area contributed by atoms with Gasteiger partial charge in [-0.2, -0.15) is 5.10 Å². The highest BCUT2D eigenvalue weighted by molar-refractivity contribution is 9.10. The lowest BCUT2D eigenvalue weighted by atomic mass is 10.0. The molecule has 1 aromatic heterocycles. The Morgan fingerprint density at radius 3 is 2.88 bits per heavy atom. The molecule has 0 amide bonds. The number of fused-ring (bicyclic) bond motifs is 1. The van der Waals surface area contributed by atoms with Crippen molar-refractivity contribution in [1.29, 1.82) is 0 Å². The Balaban J connectivity index is 2.61. The zero-order chi connectivity index (χ0) is 11.7. The largest absolute Gasteiger partial charge is 0.328 e. The maximum Gasteiger partial charge on any atom is 0.112 e. The monoisotopic (exact) mass is 281 g/mol. The quantitative estimate of drug-likeness (QED) is 0.940. The summed E-state index contributed by atoms with van der Waals surface area (Å²) in [6.07, 6.45) is 0.880. The number of benzene rings is 1. The molecule has 0 fully saturated rings. The molecule has 16 heavy (non-hydrogen) atoms. The lowest BCUT2D eigenvalue weighted by Crippen LogP contribution is -2.17. The fourth-order valence-corrected chi connectivity index (χ4v) is 2.73. The summed E-state index contributed by atoms with van der Waals surface area (Å²) in [5, 5.41) is 5.72. The van der Waals surface area contributed by atoms with Gasteiger partial charge in [-0.1, -0.05) is 12.1 Å². The van der Waals surface area contributed by atoms with E-state index < -0.39 is 0 Å². The molecule has 0 aliphatic carbocycles. The van der Waals surface area contributed by atoms with E-state index in [2.05, 4.69) is 34.0 Å². The van der Waals surface area contributed by atoms with Crippen LogP contribution >= 0.6 is 15.9 Å². The topological polar surface area (TPSA) is 43.8 Å². The summed E-state index contributed by atoms with van der Waals surface area (Å²) in [7, 11) is 0. The van der Waals surface area contributed by atoms with Crippen molar-refractivity contribution in [1.82, 2.24) is 9.78 Å². The van der Waals surface area contributed by atoms with Gasteiger partial charge in [0.15, 0.2) is 0 Å². The average molecular weight is 282 g/mol. The van der Waals surface area contributed by atoms with E-state index in [4.69, 9.17) is 5.73 Å². The summed E-state index contributed by atoms with van der Waals surface area (Å²) in [6.45, 7) is 4.98. The molecule has 1 unspecified atom stereocenters. The Bertz CT molecular complexity index is 502. The maximum atomic E-state index is 5.86. The van der Waals surface area contributed by atoms with Crippen molar-refractivity contribution in [3.63, 3.8) is 0 Å². The van der Waals surface area contributed by atoms with E-state index in [1.807, 2.05) is 23.7 Å². The molecule has 0 aliphatic heterocycles. The zero-order valence-corrected chi connectivity index (χ0v) is 11.2. The van der Waals surface area contributed by atoms with Crippen molar-refractivity contribution >= 4 is 26.8 Å². The van der Waals surface area contributed by atoms with Crippen LogP contribution in [0.15, 0.2) is 22.8 Å². The highest BCUT2D eigenvalue weighted by Crippen LogP contribution is 2.27. The summed E-state index contributed by atoms with van der Waals surface area (Å²) >= 11 is 3.61. The number of hydrogen-bond donors (Lipinski definition) is 1. The Morgan fingerprint density at radius 2 is 2.25 bits per heavy atom. The van der Waals surface area contributed by atoms with E-state index >= 15 is 0 Å². The first-order chi connectivity index (χ1) is 7.63. The van der Waals surface area contributed by atoms with Gasteiger partial charge >= 0.3 is 0 Å². The van der Waals surface area contributed by atoms with Crippen LogP contribution in [0.1, 0.15) is 19.4 Å². The second-order valence-corrected chi connectivity index (χ2v) is 4.85. The molecule has 0 radical (unpaired) electrons. The van der Waals surface area contributed by atoms with Crippen LogP contribution in [0.25, 0.3) is 10.9 Å². The van der Waals surface area contributed by atoms with Gasteiger partial charge in [-0.05, 0) is 47.8 Å². The van der Waals surface area contributed by atoms with Gasteiger partial charge in [-0.3, -0.25) is 4.68 Å². The van der Waals surface area contributed by atoms with Gasteiger partial charge in [0.05, 0.1) is 5.52 Å². The van der Waals surface area contributed by atoms with E-state index in [0.29, 0.717) is 0 Å². The van der Waals surface area contributed by atoms with Gasteiger partial charge < -0.3 is 5.73 Å². The minimum absolute atomic E-state index is 0.169. The predicted molar refractivity (Wildman–Crippen MR) is 70.5 cm³/mol. The van der Waals surface area contributed by atoms with Crippen molar-refractivity contribution in [2.75, 3.05) is 0 Å². The summed E-state index contributed by atoms with van der Waals surface area (Å²) in [5.41, 5.74) is 8.16. The van der Waals surface area contributed by atoms with Crippen molar-refractivity contribution in [3.8, 4) is 0 Å². The molecule has 1 heterocycles. The van der Waals surface area contributed by atoms with Gasteiger partial charge in [-0.25, -0.2) is 0 Å². The van der Waals surface area contributed by atoms with Crippen LogP contribution in [0, 0.1) is 0 Å². The van der Waals surface area contributed by atoms with E-state index in [1.165, 1.54) is 10.9 Å². The molecular formula is C12H16BrN3. The van der Waals surface area contributed by atoms with Crippen molar-refractivity contribution in [2.45, 2.75) is 32.9 Å². The van der Waals surface area contributed by atoms with Crippen LogP contribution < -0.4 is 5.73 Å².